The number of hydrogen-bond acceptors (Lipinski definition) is 2. The molecule has 0 bridgehead atoms. The van der Waals surface area contributed by atoms with E-state index in [2.05, 4.69) is 16.5 Å². The summed E-state index contributed by atoms with van der Waals surface area (Å²) in [7, 11) is 0. The molecule has 0 atom stereocenters. The lowest BCUT2D eigenvalue weighted by molar-refractivity contribution is -0.132. The molecule has 1 aromatic rings. The zero-order valence-corrected chi connectivity index (χ0v) is 12.6. The van der Waals surface area contributed by atoms with Crippen molar-refractivity contribution in [1.29, 1.82) is 0 Å². The molecular weight excluding hydrogens is 250 g/mol. The van der Waals surface area contributed by atoms with Gasteiger partial charge in [-0.25, -0.2) is 4.98 Å². The number of piperidine rings is 1. The Bertz CT molecular complexity index is 482. The average Bonchev–Trinajstić information content (AvgIpc) is 2.78. The van der Waals surface area contributed by atoms with Crippen molar-refractivity contribution in [1.82, 2.24) is 14.5 Å². The molecule has 1 amide bonds. The van der Waals surface area contributed by atoms with E-state index in [9.17, 15) is 4.79 Å². The van der Waals surface area contributed by atoms with Crippen molar-refractivity contribution in [3.8, 4) is 0 Å². The van der Waals surface area contributed by atoms with Gasteiger partial charge in [-0.15, -0.1) is 0 Å². The van der Waals surface area contributed by atoms with Crippen LogP contribution in [0.3, 0.4) is 0 Å². The number of carbonyl (C=O) groups is 1. The zero-order chi connectivity index (χ0) is 14.1. The van der Waals surface area contributed by atoms with Crippen molar-refractivity contribution in [2.45, 2.75) is 64.3 Å². The number of carbonyl (C=O) groups excluding carboxylic acids is 1. The lowest BCUT2D eigenvalue weighted by atomic mass is 9.84. The first kappa shape index (κ1) is 13.7. The lowest BCUT2D eigenvalue weighted by Crippen LogP contribution is -2.39. The third-order valence-electron chi connectivity index (χ3n) is 4.97. The molecule has 1 aromatic heterocycles. The summed E-state index contributed by atoms with van der Waals surface area (Å²) in [5, 5.41) is 0. The molecule has 1 aliphatic carbocycles. The van der Waals surface area contributed by atoms with E-state index in [4.69, 9.17) is 0 Å². The van der Waals surface area contributed by atoms with E-state index in [1.54, 1.807) is 0 Å². The van der Waals surface area contributed by atoms with Gasteiger partial charge in [0.05, 0.1) is 0 Å². The van der Waals surface area contributed by atoms with Crippen molar-refractivity contribution >= 4 is 5.91 Å². The fourth-order valence-electron chi connectivity index (χ4n) is 3.51. The molecule has 0 radical (unpaired) electrons. The first-order chi connectivity index (χ1) is 9.70. The normalized spacial score (nSPS) is 21.0. The smallest absolute Gasteiger partial charge is 0.222 e. The zero-order valence-electron chi connectivity index (χ0n) is 12.6. The third kappa shape index (κ3) is 2.36. The van der Waals surface area contributed by atoms with Crippen LogP contribution in [0.4, 0.5) is 0 Å². The van der Waals surface area contributed by atoms with Crippen LogP contribution in [0, 0.1) is 6.92 Å². The summed E-state index contributed by atoms with van der Waals surface area (Å²) in [4.78, 5) is 18.4. The molecule has 1 aliphatic heterocycles. The number of rotatable bonds is 3. The van der Waals surface area contributed by atoms with Crippen LogP contribution in [0.1, 0.15) is 68.9 Å². The standard InChI is InChI=1S/C16H25N3O/c1-3-15(20)18-9-7-14(8-10-18)19-12(2)11-17-16(19)13-5-4-6-13/h11,13-14H,3-10H2,1-2H3. The van der Waals surface area contributed by atoms with Gasteiger partial charge >= 0.3 is 0 Å². The molecule has 0 spiro atoms. The molecule has 2 heterocycles. The highest BCUT2D eigenvalue weighted by atomic mass is 16.2. The van der Waals surface area contributed by atoms with E-state index < -0.39 is 0 Å². The number of likely N-dealkylation sites (tertiary alicyclic amines) is 1. The number of imidazole rings is 1. The SMILES string of the molecule is CCC(=O)N1CCC(n2c(C)cnc2C2CCC2)CC1. The minimum Gasteiger partial charge on any atom is -0.343 e. The fourth-order valence-corrected chi connectivity index (χ4v) is 3.51. The van der Waals surface area contributed by atoms with E-state index in [0.29, 0.717) is 24.3 Å². The summed E-state index contributed by atoms with van der Waals surface area (Å²) in [6, 6.07) is 0.536. The van der Waals surface area contributed by atoms with Crippen LogP contribution in [0.2, 0.25) is 0 Å². The molecule has 0 aromatic carbocycles. The molecule has 0 N–H and O–H groups in total. The Balaban J connectivity index is 1.71. The molecule has 4 nitrogen and oxygen atoms in total. The molecule has 4 heteroatoms. The Morgan fingerprint density at radius 2 is 2.00 bits per heavy atom. The minimum absolute atomic E-state index is 0.296. The minimum atomic E-state index is 0.296. The molecule has 110 valence electrons. The fraction of sp³-hybridized carbons (Fsp3) is 0.750. The third-order valence-corrected chi connectivity index (χ3v) is 4.97. The van der Waals surface area contributed by atoms with E-state index in [1.165, 1.54) is 30.8 Å². The maximum atomic E-state index is 11.8. The lowest BCUT2D eigenvalue weighted by Gasteiger charge is -2.35. The molecular formula is C16H25N3O. The number of aromatic nitrogens is 2. The summed E-state index contributed by atoms with van der Waals surface area (Å²) in [6.07, 6.45) is 8.73. The van der Waals surface area contributed by atoms with Crippen molar-refractivity contribution in [3.63, 3.8) is 0 Å². The van der Waals surface area contributed by atoms with Crippen LogP contribution in [-0.4, -0.2) is 33.4 Å². The second-order valence-electron chi connectivity index (χ2n) is 6.22. The molecule has 20 heavy (non-hydrogen) atoms. The van der Waals surface area contributed by atoms with Crippen molar-refractivity contribution in [2.75, 3.05) is 13.1 Å². The van der Waals surface area contributed by atoms with Crippen molar-refractivity contribution in [3.05, 3.63) is 17.7 Å². The Kier molecular flexibility index (Phi) is 3.81. The van der Waals surface area contributed by atoms with Gasteiger partial charge in [-0.1, -0.05) is 13.3 Å². The number of aryl methyl sites for hydroxylation is 1. The Morgan fingerprint density at radius 1 is 1.30 bits per heavy atom. The van der Waals surface area contributed by atoms with Crippen molar-refractivity contribution in [2.24, 2.45) is 0 Å². The van der Waals surface area contributed by atoms with Gasteiger partial charge in [-0.05, 0) is 32.6 Å². The topological polar surface area (TPSA) is 38.1 Å². The summed E-state index contributed by atoms with van der Waals surface area (Å²) in [5.41, 5.74) is 1.28. The van der Waals surface area contributed by atoms with E-state index >= 15 is 0 Å². The van der Waals surface area contributed by atoms with Gasteiger partial charge in [-0.2, -0.15) is 0 Å². The van der Waals surface area contributed by atoms with Gasteiger partial charge < -0.3 is 9.47 Å². The summed E-state index contributed by atoms with van der Waals surface area (Å²) >= 11 is 0. The monoisotopic (exact) mass is 275 g/mol. The molecule has 1 saturated carbocycles. The molecule has 3 rings (SSSR count). The first-order valence-electron chi connectivity index (χ1n) is 8.02. The summed E-state index contributed by atoms with van der Waals surface area (Å²) in [5.74, 6) is 2.28. The maximum Gasteiger partial charge on any atom is 0.222 e. The van der Waals surface area contributed by atoms with Crippen LogP contribution in [0.25, 0.3) is 0 Å². The predicted octanol–water partition coefficient (Wildman–Crippen LogP) is 3.03. The van der Waals surface area contributed by atoms with Gasteiger partial charge in [0.1, 0.15) is 5.82 Å². The van der Waals surface area contributed by atoms with Crippen LogP contribution in [0.5, 0.6) is 0 Å². The second-order valence-corrected chi connectivity index (χ2v) is 6.22. The van der Waals surface area contributed by atoms with Crippen LogP contribution < -0.4 is 0 Å². The van der Waals surface area contributed by atoms with Crippen LogP contribution in [-0.2, 0) is 4.79 Å². The highest BCUT2D eigenvalue weighted by Gasteiger charge is 2.30. The molecule has 0 unspecified atom stereocenters. The van der Waals surface area contributed by atoms with Gasteiger partial charge in [0.15, 0.2) is 0 Å². The van der Waals surface area contributed by atoms with Crippen LogP contribution >= 0.6 is 0 Å². The van der Waals surface area contributed by atoms with Gasteiger partial charge in [0.2, 0.25) is 5.91 Å². The van der Waals surface area contributed by atoms with Gasteiger partial charge in [0, 0.05) is 43.4 Å². The predicted molar refractivity (Wildman–Crippen MR) is 78.7 cm³/mol. The van der Waals surface area contributed by atoms with Gasteiger partial charge in [0.25, 0.3) is 0 Å². The highest BCUT2D eigenvalue weighted by Crippen LogP contribution is 2.38. The molecule has 2 fully saturated rings. The highest BCUT2D eigenvalue weighted by molar-refractivity contribution is 5.75. The second kappa shape index (κ2) is 5.58. The quantitative estimate of drug-likeness (QED) is 0.850. The number of nitrogens with zero attached hydrogens (tertiary/aromatic N) is 3. The Hall–Kier alpha value is -1.32. The van der Waals surface area contributed by atoms with Gasteiger partial charge in [-0.3, -0.25) is 4.79 Å². The van der Waals surface area contributed by atoms with Crippen LogP contribution in [0.15, 0.2) is 6.20 Å². The Morgan fingerprint density at radius 3 is 2.55 bits per heavy atom. The summed E-state index contributed by atoms with van der Waals surface area (Å²) in [6.45, 7) is 5.92. The number of amides is 1. The maximum absolute atomic E-state index is 11.8. The first-order valence-corrected chi connectivity index (χ1v) is 8.02. The van der Waals surface area contributed by atoms with Crippen molar-refractivity contribution < 1.29 is 4.79 Å². The Labute approximate surface area is 121 Å². The van der Waals surface area contributed by atoms with E-state index in [0.717, 1.165) is 25.9 Å². The largest absolute Gasteiger partial charge is 0.343 e. The molecule has 2 aliphatic rings. The van der Waals surface area contributed by atoms with E-state index in [-0.39, 0.29) is 0 Å². The summed E-state index contributed by atoms with van der Waals surface area (Å²) < 4.78 is 2.47. The average molecular weight is 275 g/mol. The molecule has 1 saturated heterocycles. The van der Waals surface area contributed by atoms with E-state index in [1.807, 2.05) is 18.0 Å². The number of hydrogen-bond donors (Lipinski definition) is 0.